The van der Waals surface area contributed by atoms with Crippen LogP contribution in [0, 0.1) is 6.92 Å². The minimum absolute atomic E-state index is 0. The number of rotatable bonds is 0. The first-order valence-corrected chi connectivity index (χ1v) is 1.68. The second-order valence-electron chi connectivity index (χ2n) is 1.29. The smallest absolute Gasteiger partial charge is 0.0817 e. The van der Waals surface area contributed by atoms with Crippen LogP contribution in [0.3, 0.4) is 0 Å². The van der Waals surface area contributed by atoms with E-state index >= 15 is 0 Å². The number of hydrogen-bond donors (Lipinski definition) is 0. The average molecular weight is 175 g/mol. The van der Waals surface area contributed by atoms with Crippen LogP contribution in [-0.2, 0) is 37.5 Å². The summed E-state index contributed by atoms with van der Waals surface area (Å²) in [5.74, 6) is -0.157. The van der Waals surface area contributed by atoms with Crippen molar-refractivity contribution in [2.75, 3.05) is 14.1 Å². The standard InChI is InChI=1S/C4H8NO.Y/c1-4(6)5(2)3;/h1H2,2-3H3;/q-1;. The molecule has 0 spiro atoms. The van der Waals surface area contributed by atoms with Crippen LogP contribution in [0.2, 0.25) is 0 Å². The van der Waals surface area contributed by atoms with Gasteiger partial charge in [-0.3, -0.25) is 0 Å². The first-order valence-electron chi connectivity index (χ1n) is 1.68. The molecule has 2 nitrogen and oxygen atoms in total. The predicted octanol–water partition coefficient (Wildman–Crippen LogP) is -0.0938. The predicted molar refractivity (Wildman–Crippen MR) is 24.1 cm³/mol. The second kappa shape index (κ2) is 4.60. The molecule has 0 atom stereocenters. The number of nitrogens with zero attached hydrogens (tertiary/aromatic N) is 1. The van der Waals surface area contributed by atoms with Crippen LogP contribution in [0.5, 0.6) is 0 Å². The Morgan fingerprint density at radius 2 is 1.71 bits per heavy atom. The van der Waals surface area contributed by atoms with E-state index in [0.29, 0.717) is 0 Å². The van der Waals surface area contributed by atoms with Gasteiger partial charge in [0.15, 0.2) is 0 Å². The van der Waals surface area contributed by atoms with Gasteiger partial charge in [-0.2, -0.15) is 0 Å². The summed E-state index contributed by atoms with van der Waals surface area (Å²) < 4.78 is 0. The van der Waals surface area contributed by atoms with E-state index in [-0.39, 0.29) is 38.6 Å². The van der Waals surface area contributed by atoms with E-state index in [4.69, 9.17) is 0 Å². The van der Waals surface area contributed by atoms with Crippen LogP contribution in [0.25, 0.3) is 0 Å². The van der Waals surface area contributed by atoms with E-state index in [1.165, 1.54) is 4.90 Å². The summed E-state index contributed by atoms with van der Waals surface area (Å²) in [5.41, 5.74) is 0. The van der Waals surface area contributed by atoms with Crippen LogP contribution in [0.1, 0.15) is 0 Å². The van der Waals surface area contributed by atoms with Crippen LogP contribution >= 0.6 is 0 Å². The number of hydrogen-bond acceptors (Lipinski definition) is 1. The SMILES string of the molecule is [CH2-]C(=O)N(C)C.[Y]. The third kappa shape index (κ3) is 6.44. The van der Waals surface area contributed by atoms with Gasteiger partial charge in [0.1, 0.15) is 0 Å². The molecular formula is C4H8NOY-. The molecule has 0 rings (SSSR count). The molecule has 39 valence electrons. The summed E-state index contributed by atoms with van der Waals surface area (Å²) in [4.78, 5) is 11.4. The molecule has 0 aromatic rings. The van der Waals surface area contributed by atoms with Crippen molar-refractivity contribution < 1.29 is 37.5 Å². The summed E-state index contributed by atoms with van der Waals surface area (Å²) in [7, 11) is 3.32. The van der Waals surface area contributed by atoms with Crippen LogP contribution in [0.4, 0.5) is 0 Å². The second-order valence-corrected chi connectivity index (χ2v) is 1.29. The molecule has 7 heavy (non-hydrogen) atoms. The summed E-state index contributed by atoms with van der Waals surface area (Å²) in [6, 6.07) is 0. The first kappa shape index (κ1) is 10.4. The average Bonchev–Trinajstić information content (AvgIpc) is 1.36. The fourth-order valence-corrected chi connectivity index (χ4v) is 0. The third-order valence-electron chi connectivity index (χ3n) is 0.499. The molecule has 0 N–H and O–H groups in total. The maximum absolute atomic E-state index is 9.96. The number of carbonyl (C=O) groups is 1. The quantitative estimate of drug-likeness (QED) is 0.471. The van der Waals surface area contributed by atoms with Crippen molar-refractivity contribution in [2.45, 2.75) is 0 Å². The third-order valence-corrected chi connectivity index (χ3v) is 0.499. The molecule has 1 radical (unpaired) electrons. The van der Waals surface area contributed by atoms with E-state index in [1.807, 2.05) is 0 Å². The Labute approximate surface area is 69.1 Å². The molecule has 0 aromatic heterocycles. The van der Waals surface area contributed by atoms with Gasteiger partial charge in [-0.25, -0.2) is 0 Å². The van der Waals surface area contributed by atoms with Gasteiger partial charge in [-0.1, -0.05) is 0 Å². The van der Waals surface area contributed by atoms with Gasteiger partial charge in [0.2, 0.25) is 0 Å². The monoisotopic (exact) mass is 175 g/mol. The molecule has 0 saturated heterocycles. The van der Waals surface area contributed by atoms with E-state index in [1.54, 1.807) is 14.1 Å². The van der Waals surface area contributed by atoms with Crippen molar-refractivity contribution >= 4 is 5.91 Å². The summed E-state index contributed by atoms with van der Waals surface area (Å²) in [6.07, 6.45) is 0. The van der Waals surface area contributed by atoms with Gasteiger partial charge in [-0.15, -0.1) is 0 Å². The maximum Gasteiger partial charge on any atom is 0.0817 e. The summed E-state index contributed by atoms with van der Waals surface area (Å²) in [5, 5.41) is 0. The van der Waals surface area contributed by atoms with Crippen molar-refractivity contribution in [1.82, 2.24) is 4.90 Å². The van der Waals surface area contributed by atoms with E-state index < -0.39 is 0 Å². The summed E-state index contributed by atoms with van der Waals surface area (Å²) in [6.45, 7) is 3.12. The fourth-order valence-electron chi connectivity index (χ4n) is 0. The Balaban J connectivity index is 0. The molecule has 3 heteroatoms. The van der Waals surface area contributed by atoms with Gasteiger partial charge in [0.25, 0.3) is 0 Å². The van der Waals surface area contributed by atoms with Crippen LogP contribution < -0.4 is 0 Å². The molecule has 0 saturated carbocycles. The minimum atomic E-state index is -0.157. The van der Waals surface area contributed by atoms with Gasteiger partial charge in [-0.05, 0) is 0 Å². The zero-order valence-electron chi connectivity index (χ0n) is 4.64. The van der Waals surface area contributed by atoms with E-state index in [2.05, 4.69) is 6.92 Å². The first-order chi connectivity index (χ1) is 2.64. The number of amides is 1. The normalized spacial score (nSPS) is 6.57. The Morgan fingerprint density at radius 3 is 1.71 bits per heavy atom. The summed E-state index contributed by atoms with van der Waals surface area (Å²) >= 11 is 0. The van der Waals surface area contributed by atoms with Crippen molar-refractivity contribution in [2.24, 2.45) is 0 Å². The van der Waals surface area contributed by atoms with Crippen molar-refractivity contribution in [3.8, 4) is 0 Å². The molecular weight excluding hydrogens is 167 g/mol. The largest absolute Gasteiger partial charge is 0.374 e. The molecule has 0 aliphatic heterocycles. The molecule has 0 fully saturated rings. The van der Waals surface area contributed by atoms with Crippen LogP contribution in [0.15, 0.2) is 0 Å². The van der Waals surface area contributed by atoms with E-state index in [9.17, 15) is 4.79 Å². The van der Waals surface area contributed by atoms with Gasteiger partial charge in [0, 0.05) is 46.8 Å². The zero-order chi connectivity index (χ0) is 5.15. The van der Waals surface area contributed by atoms with E-state index in [0.717, 1.165) is 0 Å². The number of carbonyl (C=O) groups excluding carboxylic acids is 1. The minimum Gasteiger partial charge on any atom is -0.374 e. The molecule has 0 aliphatic rings. The van der Waals surface area contributed by atoms with Gasteiger partial charge >= 0.3 is 0 Å². The molecule has 0 aromatic carbocycles. The fraction of sp³-hybridized carbons (Fsp3) is 0.500. The van der Waals surface area contributed by atoms with Crippen LogP contribution in [-0.4, -0.2) is 24.9 Å². The Hall–Kier alpha value is 0.444. The molecule has 1 amide bonds. The van der Waals surface area contributed by atoms with Gasteiger partial charge in [0.05, 0.1) is 5.91 Å². The van der Waals surface area contributed by atoms with Crippen molar-refractivity contribution in [1.29, 1.82) is 0 Å². The topological polar surface area (TPSA) is 20.3 Å². The maximum atomic E-state index is 9.96. The molecule has 0 heterocycles. The Bertz CT molecular complexity index is 62.7. The molecule has 0 aliphatic carbocycles. The Kier molecular flexibility index (Phi) is 6.85. The molecule has 0 bridgehead atoms. The van der Waals surface area contributed by atoms with Crippen molar-refractivity contribution in [3.05, 3.63) is 6.92 Å². The zero-order valence-corrected chi connectivity index (χ0v) is 7.48. The molecule has 0 unspecified atom stereocenters. The Morgan fingerprint density at radius 1 is 1.57 bits per heavy atom. The van der Waals surface area contributed by atoms with Gasteiger partial charge < -0.3 is 16.6 Å². The van der Waals surface area contributed by atoms with Crippen molar-refractivity contribution in [3.63, 3.8) is 0 Å².